The molecule has 0 aliphatic heterocycles. The van der Waals surface area contributed by atoms with E-state index in [1.807, 2.05) is 31.2 Å². The van der Waals surface area contributed by atoms with E-state index < -0.39 is 0 Å². The highest BCUT2D eigenvalue weighted by molar-refractivity contribution is 9.10. The molecule has 0 aromatic heterocycles. The Morgan fingerprint density at radius 1 is 1.08 bits per heavy atom. The zero-order valence-electron chi connectivity index (χ0n) is 14.8. The van der Waals surface area contributed by atoms with E-state index in [9.17, 15) is 9.59 Å². The van der Waals surface area contributed by atoms with Crippen LogP contribution in [0.1, 0.15) is 28.9 Å². The molecule has 1 unspecified atom stereocenters. The Hall–Kier alpha value is -2.54. The maximum atomic E-state index is 12.2. The third kappa shape index (κ3) is 4.98. The first-order valence-corrected chi connectivity index (χ1v) is 8.79. The van der Waals surface area contributed by atoms with Crippen molar-refractivity contribution in [3.8, 4) is 11.5 Å². The average molecular weight is 421 g/mol. The molecule has 0 fully saturated rings. The molecule has 0 radical (unpaired) electrons. The molecule has 0 bridgehead atoms. The van der Waals surface area contributed by atoms with E-state index in [0.29, 0.717) is 17.1 Å². The number of carbonyl (C=O) groups excluding carboxylic acids is 2. The van der Waals surface area contributed by atoms with Crippen LogP contribution in [0.5, 0.6) is 11.5 Å². The van der Waals surface area contributed by atoms with Crippen LogP contribution in [0.4, 0.5) is 0 Å². The van der Waals surface area contributed by atoms with Crippen molar-refractivity contribution >= 4 is 27.7 Å². The summed E-state index contributed by atoms with van der Waals surface area (Å²) in [6.45, 7) is 1.76. The van der Waals surface area contributed by atoms with Crippen LogP contribution in [0, 0.1) is 0 Å². The molecule has 2 aromatic rings. The molecule has 2 amide bonds. The normalized spacial score (nSPS) is 11.4. The Labute approximate surface area is 161 Å². The molecule has 26 heavy (non-hydrogen) atoms. The highest BCUT2D eigenvalue weighted by atomic mass is 79.9. The number of nitrogens with one attached hydrogen (secondary N) is 2. The van der Waals surface area contributed by atoms with Gasteiger partial charge >= 0.3 is 0 Å². The standard InChI is InChI=1S/C19H21BrN2O4/c1-12(14-6-4-5-7-15(14)20)22-18(23)11-21-19(24)13-8-9-16(25-2)17(10-13)26-3/h4-10,12H,11H2,1-3H3,(H,21,24)(H,22,23). The number of amides is 2. The first kappa shape index (κ1) is 19.8. The summed E-state index contributed by atoms with van der Waals surface area (Å²) in [5.41, 5.74) is 1.35. The van der Waals surface area contributed by atoms with Crippen LogP contribution in [0.15, 0.2) is 46.9 Å². The van der Waals surface area contributed by atoms with Gasteiger partial charge in [0.15, 0.2) is 11.5 Å². The lowest BCUT2D eigenvalue weighted by Gasteiger charge is -2.16. The first-order chi connectivity index (χ1) is 12.5. The van der Waals surface area contributed by atoms with Crippen molar-refractivity contribution in [3.05, 3.63) is 58.1 Å². The van der Waals surface area contributed by atoms with E-state index in [1.165, 1.54) is 14.2 Å². The van der Waals surface area contributed by atoms with Crippen molar-refractivity contribution in [1.29, 1.82) is 0 Å². The number of carbonyl (C=O) groups is 2. The van der Waals surface area contributed by atoms with Crippen molar-refractivity contribution < 1.29 is 19.1 Å². The van der Waals surface area contributed by atoms with Gasteiger partial charge < -0.3 is 20.1 Å². The molecule has 0 saturated carbocycles. The molecule has 0 saturated heterocycles. The summed E-state index contributed by atoms with van der Waals surface area (Å²) >= 11 is 3.46. The van der Waals surface area contributed by atoms with E-state index in [0.717, 1.165) is 10.0 Å². The van der Waals surface area contributed by atoms with Gasteiger partial charge in [-0.05, 0) is 36.8 Å². The third-order valence-corrected chi connectivity index (χ3v) is 4.53. The summed E-state index contributed by atoms with van der Waals surface area (Å²) in [6, 6.07) is 12.3. The van der Waals surface area contributed by atoms with Crippen molar-refractivity contribution in [2.75, 3.05) is 20.8 Å². The highest BCUT2D eigenvalue weighted by Gasteiger charge is 2.14. The number of benzene rings is 2. The van der Waals surface area contributed by atoms with Gasteiger partial charge in [0, 0.05) is 10.0 Å². The van der Waals surface area contributed by atoms with E-state index in [2.05, 4.69) is 26.6 Å². The number of rotatable bonds is 7. The minimum absolute atomic E-state index is 0.123. The van der Waals surface area contributed by atoms with Crippen LogP contribution in [0.2, 0.25) is 0 Å². The molecule has 1 atom stereocenters. The summed E-state index contributed by atoms with van der Waals surface area (Å²) in [5, 5.41) is 5.46. The zero-order chi connectivity index (χ0) is 19.1. The van der Waals surface area contributed by atoms with Crippen LogP contribution in [0.3, 0.4) is 0 Å². The zero-order valence-corrected chi connectivity index (χ0v) is 16.4. The number of ether oxygens (including phenoxy) is 2. The number of hydrogen-bond donors (Lipinski definition) is 2. The molecule has 2 N–H and O–H groups in total. The Morgan fingerprint density at radius 2 is 1.77 bits per heavy atom. The van der Waals surface area contributed by atoms with Gasteiger partial charge in [0.1, 0.15) is 0 Å². The lowest BCUT2D eigenvalue weighted by Crippen LogP contribution is -2.38. The SMILES string of the molecule is COc1ccc(C(=O)NCC(=O)NC(C)c2ccccc2Br)cc1OC. The molecule has 0 spiro atoms. The fourth-order valence-electron chi connectivity index (χ4n) is 2.44. The Bertz CT molecular complexity index is 795. The second-order valence-corrected chi connectivity index (χ2v) is 6.42. The summed E-state index contributed by atoms with van der Waals surface area (Å²) in [7, 11) is 3.02. The average Bonchev–Trinajstić information content (AvgIpc) is 2.65. The number of methoxy groups -OCH3 is 2. The Kier molecular flexibility index (Phi) is 7.03. The lowest BCUT2D eigenvalue weighted by molar-refractivity contribution is -0.120. The van der Waals surface area contributed by atoms with Gasteiger partial charge in [-0.25, -0.2) is 0 Å². The van der Waals surface area contributed by atoms with Crippen LogP contribution < -0.4 is 20.1 Å². The lowest BCUT2D eigenvalue weighted by atomic mass is 10.1. The van der Waals surface area contributed by atoms with Gasteiger partial charge in [-0.2, -0.15) is 0 Å². The van der Waals surface area contributed by atoms with Crippen molar-refractivity contribution in [3.63, 3.8) is 0 Å². The minimum Gasteiger partial charge on any atom is -0.493 e. The predicted molar refractivity (Wildman–Crippen MR) is 103 cm³/mol. The van der Waals surface area contributed by atoms with E-state index >= 15 is 0 Å². The van der Waals surface area contributed by atoms with E-state index in [-0.39, 0.29) is 24.4 Å². The number of halogens is 1. The fraction of sp³-hybridized carbons (Fsp3) is 0.263. The maximum Gasteiger partial charge on any atom is 0.251 e. The van der Waals surface area contributed by atoms with Crippen LogP contribution in [-0.2, 0) is 4.79 Å². The smallest absolute Gasteiger partial charge is 0.251 e. The van der Waals surface area contributed by atoms with Crippen LogP contribution >= 0.6 is 15.9 Å². The molecule has 138 valence electrons. The van der Waals surface area contributed by atoms with Crippen molar-refractivity contribution in [2.24, 2.45) is 0 Å². The second-order valence-electron chi connectivity index (χ2n) is 5.56. The van der Waals surface area contributed by atoms with Crippen LogP contribution in [-0.4, -0.2) is 32.6 Å². The van der Waals surface area contributed by atoms with Gasteiger partial charge in [0.2, 0.25) is 5.91 Å². The monoisotopic (exact) mass is 420 g/mol. The topological polar surface area (TPSA) is 76.7 Å². The van der Waals surface area contributed by atoms with Crippen molar-refractivity contribution in [2.45, 2.75) is 13.0 Å². The largest absolute Gasteiger partial charge is 0.493 e. The van der Waals surface area contributed by atoms with Gasteiger partial charge in [-0.1, -0.05) is 34.1 Å². The predicted octanol–water partition coefficient (Wildman–Crippen LogP) is 3.07. The molecule has 2 rings (SSSR count). The molecule has 6 nitrogen and oxygen atoms in total. The minimum atomic E-state index is -0.366. The van der Waals surface area contributed by atoms with Gasteiger partial charge in [0.25, 0.3) is 5.91 Å². The molecule has 7 heteroatoms. The van der Waals surface area contributed by atoms with E-state index in [1.54, 1.807) is 18.2 Å². The molecular weight excluding hydrogens is 400 g/mol. The molecule has 0 aliphatic rings. The summed E-state index contributed by atoms with van der Waals surface area (Å²) in [5.74, 6) is 0.341. The van der Waals surface area contributed by atoms with Gasteiger partial charge in [-0.3, -0.25) is 9.59 Å². The van der Waals surface area contributed by atoms with Gasteiger partial charge in [-0.15, -0.1) is 0 Å². The Morgan fingerprint density at radius 3 is 2.42 bits per heavy atom. The van der Waals surface area contributed by atoms with Crippen molar-refractivity contribution in [1.82, 2.24) is 10.6 Å². The first-order valence-electron chi connectivity index (χ1n) is 8.00. The molecule has 0 heterocycles. The summed E-state index contributed by atoms with van der Waals surface area (Å²) < 4.78 is 11.2. The summed E-state index contributed by atoms with van der Waals surface area (Å²) in [4.78, 5) is 24.3. The van der Waals surface area contributed by atoms with Crippen LogP contribution in [0.25, 0.3) is 0 Å². The van der Waals surface area contributed by atoms with Gasteiger partial charge in [0.05, 0.1) is 26.8 Å². The molecular formula is C19H21BrN2O4. The Balaban J connectivity index is 1.93. The van der Waals surface area contributed by atoms with E-state index in [4.69, 9.17) is 9.47 Å². The fourth-order valence-corrected chi connectivity index (χ4v) is 3.06. The maximum absolute atomic E-state index is 12.2. The quantitative estimate of drug-likeness (QED) is 0.721. The highest BCUT2D eigenvalue weighted by Crippen LogP contribution is 2.27. The second kappa shape index (κ2) is 9.24. The molecule has 0 aliphatic carbocycles. The molecule has 2 aromatic carbocycles. The summed E-state index contributed by atoms with van der Waals surface area (Å²) in [6.07, 6.45) is 0. The third-order valence-electron chi connectivity index (χ3n) is 3.80. The number of hydrogen-bond acceptors (Lipinski definition) is 4.